The highest BCUT2D eigenvalue weighted by Gasteiger charge is 2.17. The lowest BCUT2D eigenvalue weighted by Crippen LogP contribution is -2.03. The predicted molar refractivity (Wildman–Crippen MR) is 101 cm³/mol. The molecule has 5 heteroatoms. The average molecular weight is 351 g/mol. The Labute approximate surface area is 152 Å². The van der Waals surface area contributed by atoms with Gasteiger partial charge >= 0.3 is 5.97 Å². The van der Waals surface area contributed by atoms with Crippen LogP contribution in [0.2, 0.25) is 0 Å². The van der Waals surface area contributed by atoms with Crippen molar-refractivity contribution in [3.63, 3.8) is 0 Å². The van der Waals surface area contributed by atoms with Crippen LogP contribution in [0.25, 0.3) is 22.2 Å². The highest BCUT2D eigenvalue weighted by Crippen LogP contribution is 2.35. The predicted octanol–water partition coefficient (Wildman–Crippen LogP) is 4.71. The zero-order valence-corrected chi connectivity index (χ0v) is 15.1. The van der Waals surface area contributed by atoms with Crippen LogP contribution in [0.1, 0.15) is 29.8 Å². The molecule has 0 fully saturated rings. The number of carboxylic acid groups (broad SMARTS) is 1. The fourth-order valence-corrected chi connectivity index (χ4v) is 2.95. The Bertz CT molecular complexity index is 966. The van der Waals surface area contributed by atoms with Gasteiger partial charge < -0.3 is 14.6 Å². The molecule has 0 spiro atoms. The molecule has 1 N–H and O–H groups in total. The van der Waals surface area contributed by atoms with Crippen molar-refractivity contribution in [2.45, 2.75) is 20.8 Å². The van der Waals surface area contributed by atoms with Gasteiger partial charge in [0.1, 0.15) is 0 Å². The number of aromatic nitrogens is 1. The van der Waals surface area contributed by atoms with Crippen molar-refractivity contribution in [1.82, 2.24) is 4.98 Å². The molecule has 0 atom stereocenters. The normalized spacial score (nSPS) is 10.7. The van der Waals surface area contributed by atoms with Crippen LogP contribution in [0.4, 0.5) is 0 Å². The molecule has 0 amide bonds. The third-order valence-corrected chi connectivity index (χ3v) is 4.13. The number of carboxylic acids is 1. The van der Waals surface area contributed by atoms with Crippen molar-refractivity contribution >= 4 is 16.9 Å². The summed E-state index contributed by atoms with van der Waals surface area (Å²) in [5.74, 6) is 0.0845. The number of hydrogen-bond donors (Lipinski definition) is 1. The molecule has 0 unspecified atom stereocenters. The molecular formula is C21H21NO4. The van der Waals surface area contributed by atoms with Gasteiger partial charge in [-0.15, -0.1) is 0 Å². The third-order valence-electron chi connectivity index (χ3n) is 4.13. The smallest absolute Gasteiger partial charge is 0.336 e. The van der Waals surface area contributed by atoms with E-state index in [1.54, 1.807) is 18.2 Å². The van der Waals surface area contributed by atoms with E-state index in [9.17, 15) is 9.90 Å². The van der Waals surface area contributed by atoms with Crippen molar-refractivity contribution in [1.29, 1.82) is 0 Å². The number of aromatic carboxylic acids is 1. The lowest BCUT2D eigenvalue weighted by atomic mass is 10.0. The summed E-state index contributed by atoms with van der Waals surface area (Å²) in [4.78, 5) is 16.6. The minimum atomic E-state index is -1.00. The van der Waals surface area contributed by atoms with Crippen LogP contribution in [-0.4, -0.2) is 29.3 Å². The maximum Gasteiger partial charge on any atom is 0.336 e. The van der Waals surface area contributed by atoms with Gasteiger partial charge in [-0.05, 0) is 38.5 Å². The van der Waals surface area contributed by atoms with Gasteiger partial charge in [0.2, 0.25) is 0 Å². The molecule has 1 heterocycles. The summed E-state index contributed by atoms with van der Waals surface area (Å²) in [6.07, 6.45) is 0. The average Bonchev–Trinajstić information content (AvgIpc) is 2.62. The number of hydrogen-bond acceptors (Lipinski definition) is 4. The number of aryl methyl sites for hydroxylation is 1. The third kappa shape index (κ3) is 3.33. The van der Waals surface area contributed by atoms with Gasteiger partial charge in [-0.1, -0.05) is 24.3 Å². The van der Waals surface area contributed by atoms with E-state index in [1.807, 2.05) is 45.0 Å². The largest absolute Gasteiger partial charge is 0.490 e. The van der Waals surface area contributed by atoms with Gasteiger partial charge in [0.05, 0.1) is 30.0 Å². The number of fused-ring (bicyclic) bond motifs is 1. The van der Waals surface area contributed by atoms with E-state index < -0.39 is 5.97 Å². The zero-order valence-electron chi connectivity index (χ0n) is 15.1. The molecule has 2 aromatic carbocycles. The Hall–Kier alpha value is -3.08. The fourth-order valence-electron chi connectivity index (χ4n) is 2.95. The lowest BCUT2D eigenvalue weighted by molar-refractivity contribution is 0.0699. The van der Waals surface area contributed by atoms with Crippen molar-refractivity contribution in [3.05, 3.63) is 53.6 Å². The zero-order chi connectivity index (χ0) is 18.7. The maximum absolute atomic E-state index is 11.9. The standard InChI is InChI=1S/C21H21NO4/c1-4-25-19-11-15-16(21(23)24)10-17(14-9-7-6-8-13(14)3)22-18(15)12-20(19)26-5-2/h6-12H,4-5H2,1-3H3,(H,23,24). The topological polar surface area (TPSA) is 68.7 Å². The molecule has 0 radical (unpaired) electrons. The van der Waals surface area contributed by atoms with E-state index in [1.165, 1.54) is 0 Å². The van der Waals surface area contributed by atoms with Gasteiger partial charge in [0.15, 0.2) is 11.5 Å². The van der Waals surface area contributed by atoms with Crippen LogP contribution in [-0.2, 0) is 0 Å². The van der Waals surface area contributed by atoms with Crippen molar-refractivity contribution in [2.75, 3.05) is 13.2 Å². The Morgan fingerprint density at radius 2 is 1.69 bits per heavy atom. The van der Waals surface area contributed by atoms with E-state index in [0.717, 1.165) is 11.1 Å². The van der Waals surface area contributed by atoms with Gasteiger partial charge in [0.25, 0.3) is 0 Å². The van der Waals surface area contributed by atoms with E-state index in [-0.39, 0.29) is 5.56 Å². The second kappa shape index (κ2) is 7.44. The number of rotatable bonds is 6. The van der Waals surface area contributed by atoms with Gasteiger partial charge in [-0.25, -0.2) is 9.78 Å². The van der Waals surface area contributed by atoms with Gasteiger partial charge in [-0.3, -0.25) is 0 Å². The number of carbonyl (C=O) groups is 1. The summed E-state index contributed by atoms with van der Waals surface area (Å²) in [5, 5.41) is 10.2. The highest BCUT2D eigenvalue weighted by atomic mass is 16.5. The van der Waals surface area contributed by atoms with Gasteiger partial charge in [-0.2, -0.15) is 0 Å². The van der Waals surface area contributed by atoms with Crippen LogP contribution in [0.3, 0.4) is 0 Å². The van der Waals surface area contributed by atoms with E-state index in [2.05, 4.69) is 0 Å². The van der Waals surface area contributed by atoms with Gasteiger partial charge in [0, 0.05) is 17.0 Å². The molecule has 3 rings (SSSR count). The Morgan fingerprint density at radius 1 is 1.04 bits per heavy atom. The summed E-state index contributed by atoms with van der Waals surface area (Å²) in [5.41, 5.74) is 3.32. The van der Waals surface area contributed by atoms with Crippen molar-refractivity contribution < 1.29 is 19.4 Å². The molecule has 3 aromatic rings. The van der Waals surface area contributed by atoms with Crippen LogP contribution in [0.15, 0.2) is 42.5 Å². The second-order valence-corrected chi connectivity index (χ2v) is 5.86. The molecule has 134 valence electrons. The molecule has 0 saturated carbocycles. The monoisotopic (exact) mass is 351 g/mol. The Balaban J connectivity index is 2.30. The molecular weight excluding hydrogens is 330 g/mol. The molecule has 5 nitrogen and oxygen atoms in total. The van der Waals surface area contributed by atoms with Crippen LogP contribution >= 0.6 is 0 Å². The first-order valence-corrected chi connectivity index (χ1v) is 8.58. The first-order valence-electron chi connectivity index (χ1n) is 8.58. The molecule has 0 aliphatic carbocycles. The lowest BCUT2D eigenvalue weighted by Gasteiger charge is -2.14. The minimum Gasteiger partial charge on any atom is -0.490 e. The highest BCUT2D eigenvalue weighted by molar-refractivity contribution is 6.04. The quantitative estimate of drug-likeness (QED) is 0.697. The van der Waals surface area contributed by atoms with Crippen LogP contribution in [0.5, 0.6) is 11.5 Å². The number of nitrogens with zero attached hydrogens (tertiary/aromatic N) is 1. The number of benzene rings is 2. The molecule has 0 aliphatic heterocycles. The SMILES string of the molecule is CCOc1cc2nc(-c3ccccc3C)cc(C(=O)O)c2cc1OCC. The first kappa shape index (κ1) is 17.7. The molecule has 1 aromatic heterocycles. The first-order chi connectivity index (χ1) is 12.5. The minimum absolute atomic E-state index is 0.192. The van der Waals surface area contributed by atoms with Crippen LogP contribution < -0.4 is 9.47 Å². The van der Waals surface area contributed by atoms with Crippen molar-refractivity contribution in [2.24, 2.45) is 0 Å². The second-order valence-electron chi connectivity index (χ2n) is 5.86. The maximum atomic E-state index is 11.9. The number of ether oxygens (including phenoxy) is 2. The molecule has 0 saturated heterocycles. The number of pyridine rings is 1. The van der Waals surface area contributed by atoms with Crippen LogP contribution in [0, 0.1) is 6.92 Å². The Morgan fingerprint density at radius 3 is 2.31 bits per heavy atom. The summed E-state index contributed by atoms with van der Waals surface area (Å²) in [7, 11) is 0. The summed E-state index contributed by atoms with van der Waals surface area (Å²) in [6, 6.07) is 12.8. The van der Waals surface area contributed by atoms with E-state index in [4.69, 9.17) is 14.5 Å². The fraction of sp³-hybridized carbons (Fsp3) is 0.238. The molecule has 0 aliphatic rings. The van der Waals surface area contributed by atoms with E-state index in [0.29, 0.717) is 41.3 Å². The Kier molecular flexibility index (Phi) is 5.07. The van der Waals surface area contributed by atoms with Crippen molar-refractivity contribution in [3.8, 4) is 22.8 Å². The molecule has 0 bridgehead atoms. The van der Waals surface area contributed by atoms with E-state index >= 15 is 0 Å². The summed E-state index contributed by atoms with van der Waals surface area (Å²) >= 11 is 0. The molecule has 26 heavy (non-hydrogen) atoms. The summed E-state index contributed by atoms with van der Waals surface area (Å²) in [6.45, 7) is 6.68. The summed E-state index contributed by atoms with van der Waals surface area (Å²) < 4.78 is 11.3.